The van der Waals surface area contributed by atoms with Crippen molar-refractivity contribution in [1.29, 1.82) is 0 Å². The maximum absolute atomic E-state index is 14.0. The molecule has 1 atom stereocenters. The van der Waals surface area contributed by atoms with Crippen molar-refractivity contribution in [1.82, 2.24) is 19.9 Å². The molecule has 4 heterocycles. The van der Waals surface area contributed by atoms with Gasteiger partial charge in [0.1, 0.15) is 17.2 Å². The number of benzene rings is 1. The van der Waals surface area contributed by atoms with E-state index in [4.69, 9.17) is 9.25 Å². The van der Waals surface area contributed by atoms with Gasteiger partial charge in [-0.05, 0) is 45.0 Å². The van der Waals surface area contributed by atoms with Gasteiger partial charge in [0.15, 0.2) is 11.5 Å². The molecule has 0 saturated carbocycles. The van der Waals surface area contributed by atoms with Crippen LogP contribution in [0.4, 0.5) is 10.2 Å². The number of nitrogens with zero attached hydrogens (tertiary/aromatic N) is 4. The summed E-state index contributed by atoms with van der Waals surface area (Å²) in [5.41, 5.74) is 2.14. The number of aromatic nitrogens is 3. The molecule has 0 amide bonds. The molecule has 0 bridgehead atoms. The van der Waals surface area contributed by atoms with Crippen LogP contribution in [-0.4, -0.2) is 26.2 Å². The van der Waals surface area contributed by atoms with E-state index in [2.05, 4.69) is 25.9 Å². The zero-order valence-corrected chi connectivity index (χ0v) is 16.1. The molecular formula is C20H19FN6O2. The molecule has 1 aromatic carbocycles. The van der Waals surface area contributed by atoms with E-state index in [1.54, 1.807) is 29.2 Å². The summed E-state index contributed by atoms with van der Waals surface area (Å²) in [7, 11) is 0. The van der Waals surface area contributed by atoms with Crippen LogP contribution in [-0.2, 0) is 4.84 Å². The molecule has 5 rings (SSSR count). The lowest BCUT2D eigenvalue weighted by molar-refractivity contribution is -0.00234. The minimum Gasteiger partial charge on any atom is -0.464 e. The van der Waals surface area contributed by atoms with E-state index >= 15 is 0 Å². The number of anilines is 1. The molecule has 8 nitrogen and oxygen atoms in total. The predicted octanol–water partition coefficient (Wildman–Crippen LogP) is 3.81. The number of halogens is 1. The minimum absolute atomic E-state index is 0.232. The summed E-state index contributed by atoms with van der Waals surface area (Å²) in [5.74, 6) is 0.886. The van der Waals surface area contributed by atoms with Crippen molar-refractivity contribution in [2.75, 3.05) is 5.32 Å². The van der Waals surface area contributed by atoms with Crippen LogP contribution in [0.1, 0.15) is 37.9 Å². The van der Waals surface area contributed by atoms with Gasteiger partial charge in [-0.1, -0.05) is 5.16 Å². The van der Waals surface area contributed by atoms with Gasteiger partial charge in [-0.2, -0.15) is 5.10 Å². The van der Waals surface area contributed by atoms with E-state index in [0.29, 0.717) is 22.9 Å². The number of hydrogen-bond acceptors (Lipinski definition) is 7. The van der Waals surface area contributed by atoms with Gasteiger partial charge in [-0.15, -0.1) is 0 Å². The molecule has 0 unspecified atom stereocenters. The van der Waals surface area contributed by atoms with Crippen molar-refractivity contribution in [3.63, 3.8) is 0 Å². The lowest BCUT2D eigenvalue weighted by Gasteiger charge is -2.16. The summed E-state index contributed by atoms with van der Waals surface area (Å²) in [4.78, 5) is 10.0. The third-order valence-electron chi connectivity index (χ3n) is 4.78. The van der Waals surface area contributed by atoms with Gasteiger partial charge in [0.2, 0.25) is 5.72 Å². The largest absolute Gasteiger partial charge is 0.464 e. The number of oxime groups is 1. The van der Waals surface area contributed by atoms with Crippen LogP contribution in [0.3, 0.4) is 0 Å². The number of furan rings is 1. The SMILES string of the molecule is C[C@@H](Nc1ccn2ncc(C3=NOC(C)(C)N3)c2n1)c1cc(F)cc2ccoc12. The highest BCUT2D eigenvalue weighted by Gasteiger charge is 2.30. The van der Waals surface area contributed by atoms with Crippen LogP contribution in [0.15, 0.2) is 52.5 Å². The van der Waals surface area contributed by atoms with E-state index in [9.17, 15) is 4.39 Å². The maximum Gasteiger partial charge on any atom is 0.203 e. The normalized spacial score (nSPS) is 16.5. The van der Waals surface area contributed by atoms with E-state index in [1.807, 2.05) is 26.8 Å². The molecule has 1 aliphatic rings. The van der Waals surface area contributed by atoms with Crippen LogP contribution < -0.4 is 10.6 Å². The highest BCUT2D eigenvalue weighted by molar-refractivity contribution is 6.04. The number of hydrogen-bond donors (Lipinski definition) is 2. The molecule has 3 aromatic heterocycles. The van der Waals surface area contributed by atoms with E-state index in [1.165, 1.54) is 12.1 Å². The first-order chi connectivity index (χ1) is 13.9. The van der Waals surface area contributed by atoms with E-state index in [-0.39, 0.29) is 11.9 Å². The second-order valence-electron chi connectivity index (χ2n) is 7.51. The minimum atomic E-state index is -0.584. The van der Waals surface area contributed by atoms with Crippen LogP contribution in [0.5, 0.6) is 0 Å². The van der Waals surface area contributed by atoms with Crippen molar-refractivity contribution in [3.8, 4) is 0 Å². The summed E-state index contributed by atoms with van der Waals surface area (Å²) in [6.07, 6.45) is 5.05. The average molecular weight is 394 g/mol. The first kappa shape index (κ1) is 17.5. The lowest BCUT2D eigenvalue weighted by Crippen LogP contribution is -2.38. The molecule has 4 aromatic rings. The Morgan fingerprint density at radius 2 is 2.14 bits per heavy atom. The number of fused-ring (bicyclic) bond motifs is 2. The zero-order chi connectivity index (χ0) is 20.2. The van der Waals surface area contributed by atoms with Gasteiger partial charge in [0, 0.05) is 17.1 Å². The quantitative estimate of drug-likeness (QED) is 0.547. The summed E-state index contributed by atoms with van der Waals surface area (Å²) < 4.78 is 21.2. The predicted molar refractivity (Wildman–Crippen MR) is 106 cm³/mol. The molecule has 9 heteroatoms. The fourth-order valence-corrected chi connectivity index (χ4v) is 3.42. The molecule has 0 aliphatic carbocycles. The monoisotopic (exact) mass is 394 g/mol. The maximum atomic E-state index is 14.0. The van der Waals surface area contributed by atoms with Crippen molar-refractivity contribution < 1.29 is 13.6 Å². The highest BCUT2D eigenvalue weighted by Crippen LogP contribution is 2.29. The number of rotatable bonds is 4. The molecule has 2 N–H and O–H groups in total. The Hall–Kier alpha value is -3.62. The standard InChI is InChI=1S/C20H19FN6O2/c1-11(14-9-13(21)8-12-5-7-28-17(12)14)23-16-4-6-27-19(24-16)15(10-22-27)18-25-20(2,3)29-26-18/h4-11H,1-3H3,(H,23,24)(H,25,26)/t11-/m1/s1. The Kier molecular flexibility index (Phi) is 3.73. The van der Waals surface area contributed by atoms with Gasteiger partial charge in [0.05, 0.1) is 24.1 Å². The second-order valence-corrected chi connectivity index (χ2v) is 7.51. The third kappa shape index (κ3) is 3.04. The summed E-state index contributed by atoms with van der Waals surface area (Å²) in [6, 6.07) is 6.25. The molecule has 29 heavy (non-hydrogen) atoms. The Morgan fingerprint density at radius 3 is 2.93 bits per heavy atom. The molecule has 0 spiro atoms. The zero-order valence-electron chi connectivity index (χ0n) is 16.1. The highest BCUT2D eigenvalue weighted by atomic mass is 19.1. The average Bonchev–Trinajstić information content (AvgIpc) is 3.38. The Morgan fingerprint density at radius 1 is 1.28 bits per heavy atom. The summed E-state index contributed by atoms with van der Waals surface area (Å²) >= 11 is 0. The van der Waals surface area contributed by atoms with Crippen LogP contribution in [0, 0.1) is 5.82 Å². The summed E-state index contributed by atoms with van der Waals surface area (Å²) in [6.45, 7) is 5.69. The van der Waals surface area contributed by atoms with Crippen molar-refractivity contribution >= 4 is 28.3 Å². The number of amidine groups is 1. The molecule has 0 saturated heterocycles. The van der Waals surface area contributed by atoms with Crippen LogP contribution in [0.2, 0.25) is 0 Å². The van der Waals surface area contributed by atoms with E-state index < -0.39 is 5.72 Å². The van der Waals surface area contributed by atoms with Crippen molar-refractivity contribution in [3.05, 3.63) is 59.9 Å². The Balaban J connectivity index is 1.48. The Bertz CT molecular complexity index is 1260. The topological polar surface area (TPSA) is 89.0 Å². The van der Waals surface area contributed by atoms with Gasteiger partial charge < -0.3 is 19.9 Å². The fourth-order valence-electron chi connectivity index (χ4n) is 3.42. The van der Waals surface area contributed by atoms with Gasteiger partial charge in [0.25, 0.3) is 0 Å². The molecule has 0 fully saturated rings. The van der Waals surface area contributed by atoms with E-state index in [0.717, 1.165) is 16.5 Å². The van der Waals surface area contributed by atoms with Crippen molar-refractivity contribution in [2.45, 2.75) is 32.5 Å². The second kappa shape index (κ2) is 6.20. The summed E-state index contributed by atoms with van der Waals surface area (Å²) in [5, 5.41) is 15.6. The van der Waals surface area contributed by atoms with Crippen LogP contribution in [0.25, 0.3) is 16.6 Å². The molecular weight excluding hydrogens is 375 g/mol. The molecule has 1 aliphatic heterocycles. The first-order valence-corrected chi connectivity index (χ1v) is 9.22. The van der Waals surface area contributed by atoms with Crippen LogP contribution >= 0.6 is 0 Å². The first-order valence-electron chi connectivity index (χ1n) is 9.22. The van der Waals surface area contributed by atoms with Crippen molar-refractivity contribution in [2.24, 2.45) is 5.16 Å². The van der Waals surface area contributed by atoms with Gasteiger partial charge >= 0.3 is 0 Å². The smallest absolute Gasteiger partial charge is 0.203 e. The third-order valence-corrected chi connectivity index (χ3v) is 4.78. The molecule has 0 radical (unpaired) electrons. The molecule has 148 valence electrons. The van der Waals surface area contributed by atoms with Gasteiger partial charge in [-0.25, -0.2) is 13.9 Å². The number of nitrogens with one attached hydrogen (secondary N) is 2. The lowest BCUT2D eigenvalue weighted by atomic mass is 10.1. The van der Waals surface area contributed by atoms with Gasteiger partial charge in [-0.3, -0.25) is 0 Å². The fraction of sp³-hybridized carbons (Fsp3) is 0.250. The Labute approximate surface area is 165 Å².